The van der Waals surface area contributed by atoms with Crippen molar-refractivity contribution in [2.75, 3.05) is 13.1 Å². The molecule has 1 rings (SSSR count). The van der Waals surface area contributed by atoms with Crippen LogP contribution in [0, 0.1) is 0 Å². The van der Waals surface area contributed by atoms with Crippen LogP contribution in [-0.4, -0.2) is 51.2 Å². The first-order valence-corrected chi connectivity index (χ1v) is 4.92. The standard InChI is InChI=1S/C11H11NO6/c13-8-3-1-7(2-4-8)11(18)12(5-9(14)15)6-10(16)17/h1-4,13H,5-6H2,(H,14,15)(H,16,17). The van der Waals surface area contributed by atoms with Gasteiger partial charge in [0, 0.05) is 5.56 Å². The van der Waals surface area contributed by atoms with Gasteiger partial charge in [-0.15, -0.1) is 0 Å². The predicted octanol–water partition coefficient (Wildman–Crippen LogP) is 0.00360. The number of phenols is 1. The van der Waals surface area contributed by atoms with E-state index < -0.39 is 30.9 Å². The molecule has 0 aromatic heterocycles. The molecule has 1 amide bonds. The molecule has 0 saturated carbocycles. The molecular weight excluding hydrogens is 242 g/mol. The Morgan fingerprint density at radius 2 is 1.39 bits per heavy atom. The van der Waals surface area contributed by atoms with Crippen LogP contribution in [0.2, 0.25) is 0 Å². The Kier molecular flexibility index (Phi) is 4.25. The van der Waals surface area contributed by atoms with Crippen molar-refractivity contribution in [3.05, 3.63) is 29.8 Å². The number of phenolic OH excluding ortho intramolecular Hbond substituents is 1. The summed E-state index contributed by atoms with van der Waals surface area (Å²) >= 11 is 0. The minimum Gasteiger partial charge on any atom is -0.508 e. The fourth-order valence-corrected chi connectivity index (χ4v) is 1.31. The first-order valence-electron chi connectivity index (χ1n) is 4.92. The third-order valence-corrected chi connectivity index (χ3v) is 2.05. The number of carboxylic acid groups (broad SMARTS) is 2. The number of benzene rings is 1. The van der Waals surface area contributed by atoms with Crippen molar-refractivity contribution in [1.82, 2.24) is 4.90 Å². The van der Waals surface area contributed by atoms with Crippen LogP contribution in [-0.2, 0) is 9.59 Å². The topological polar surface area (TPSA) is 115 Å². The molecule has 0 aliphatic heterocycles. The van der Waals surface area contributed by atoms with Gasteiger partial charge in [-0.3, -0.25) is 14.4 Å². The van der Waals surface area contributed by atoms with E-state index in [0.29, 0.717) is 4.90 Å². The molecule has 96 valence electrons. The molecular formula is C11H11NO6. The average molecular weight is 253 g/mol. The van der Waals surface area contributed by atoms with Crippen LogP contribution in [0.4, 0.5) is 0 Å². The number of aliphatic carboxylic acids is 2. The second-order valence-electron chi connectivity index (χ2n) is 3.50. The van der Waals surface area contributed by atoms with E-state index in [2.05, 4.69) is 0 Å². The number of nitrogens with zero attached hydrogens (tertiary/aromatic N) is 1. The molecule has 7 nitrogen and oxygen atoms in total. The van der Waals surface area contributed by atoms with Gasteiger partial charge in [-0.2, -0.15) is 0 Å². The van der Waals surface area contributed by atoms with Crippen molar-refractivity contribution < 1.29 is 29.7 Å². The van der Waals surface area contributed by atoms with E-state index in [4.69, 9.17) is 15.3 Å². The van der Waals surface area contributed by atoms with Gasteiger partial charge < -0.3 is 20.2 Å². The lowest BCUT2D eigenvalue weighted by Gasteiger charge is -2.18. The third kappa shape index (κ3) is 3.78. The summed E-state index contributed by atoms with van der Waals surface area (Å²) in [4.78, 5) is 33.6. The summed E-state index contributed by atoms with van der Waals surface area (Å²) in [6.45, 7) is -1.40. The molecule has 7 heteroatoms. The van der Waals surface area contributed by atoms with E-state index in [1.165, 1.54) is 24.3 Å². The lowest BCUT2D eigenvalue weighted by atomic mass is 10.2. The number of aromatic hydroxyl groups is 1. The molecule has 3 N–H and O–H groups in total. The maximum atomic E-state index is 11.8. The highest BCUT2D eigenvalue weighted by atomic mass is 16.4. The van der Waals surface area contributed by atoms with Crippen molar-refractivity contribution in [3.63, 3.8) is 0 Å². The summed E-state index contributed by atoms with van der Waals surface area (Å²) in [5.41, 5.74) is 0.107. The van der Waals surface area contributed by atoms with Gasteiger partial charge in [0.05, 0.1) is 0 Å². The smallest absolute Gasteiger partial charge is 0.323 e. The molecule has 0 radical (unpaired) electrons. The Morgan fingerprint density at radius 3 is 1.78 bits per heavy atom. The minimum absolute atomic E-state index is 0.0467. The van der Waals surface area contributed by atoms with Gasteiger partial charge in [-0.1, -0.05) is 0 Å². The number of hydrogen-bond donors (Lipinski definition) is 3. The Labute approximate surface area is 102 Å². The number of carbonyl (C=O) groups is 3. The minimum atomic E-state index is -1.30. The fourth-order valence-electron chi connectivity index (χ4n) is 1.31. The molecule has 1 aromatic rings. The summed E-state index contributed by atoms with van der Waals surface area (Å²) in [5.74, 6) is -3.37. The third-order valence-electron chi connectivity index (χ3n) is 2.05. The number of amides is 1. The summed E-state index contributed by atoms with van der Waals surface area (Å²) < 4.78 is 0. The van der Waals surface area contributed by atoms with Crippen LogP contribution in [0.5, 0.6) is 5.75 Å². The van der Waals surface area contributed by atoms with Gasteiger partial charge in [0.25, 0.3) is 5.91 Å². The summed E-state index contributed by atoms with van der Waals surface area (Å²) in [5, 5.41) is 26.3. The van der Waals surface area contributed by atoms with Gasteiger partial charge in [0.1, 0.15) is 18.8 Å². The maximum Gasteiger partial charge on any atom is 0.323 e. The Balaban J connectivity index is 2.90. The number of hydrogen-bond acceptors (Lipinski definition) is 4. The molecule has 0 unspecified atom stereocenters. The first-order chi connectivity index (χ1) is 8.40. The van der Waals surface area contributed by atoms with E-state index in [-0.39, 0.29) is 11.3 Å². The van der Waals surface area contributed by atoms with Crippen LogP contribution in [0.25, 0.3) is 0 Å². The maximum absolute atomic E-state index is 11.8. The summed E-state index contributed by atoms with van der Waals surface area (Å²) in [6.07, 6.45) is 0. The van der Waals surface area contributed by atoms with Gasteiger partial charge in [0.15, 0.2) is 0 Å². The van der Waals surface area contributed by atoms with Crippen molar-refractivity contribution in [3.8, 4) is 5.75 Å². The van der Waals surface area contributed by atoms with Crippen molar-refractivity contribution in [2.24, 2.45) is 0 Å². The van der Waals surface area contributed by atoms with Crippen molar-refractivity contribution in [1.29, 1.82) is 0 Å². The van der Waals surface area contributed by atoms with E-state index in [1.54, 1.807) is 0 Å². The Hall–Kier alpha value is -2.57. The van der Waals surface area contributed by atoms with Gasteiger partial charge in [-0.25, -0.2) is 0 Å². The van der Waals surface area contributed by atoms with Crippen LogP contribution >= 0.6 is 0 Å². The Bertz CT molecular complexity index is 451. The molecule has 1 aromatic carbocycles. The normalized spacial score (nSPS) is 9.78. The lowest BCUT2D eigenvalue weighted by molar-refractivity contribution is -0.140. The largest absolute Gasteiger partial charge is 0.508 e. The molecule has 0 bridgehead atoms. The van der Waals surface area contributed by atoms with Crippen LogP contribution in [0.1, 0.15) is 10.4 Å². The highest BCUT2D eigenvalue weighted by Gasteiger charge is 2.20. The van der Waals surface area contributed by atoms with Gasteiger partial charge in [0.2, 0.25) is 0 Å². The second kappa shape index (κ2) is 5.67. The predicted molar refractivity (Wildman–Crippen MR) is 59.3 cm³/mol. The SMILES string of the molecule is O=C(O)CN(CC(=O)O)C(=O)c1ccc(O)cc1. The molecule has 0 spiro atoms. The van der Waals surface area contributed by atoms with Crippen molar-refractivity contribution >= 4 is 17.8 Å². The van der Waals surface area contributed by atoms with Crippen molar-refractivity contribution in [2.45, 2.75) is 0 Å². The first kappa shape index (κ1) is 13.5. The van der Waals surface area contributed by atoms with E-state index in [9.17, 15) is 14.4 Å². The second-order valence-corrected chi connectivity index (χ2v) is 3.50. The van der Waals surface area contributed by atoms with Gasteiger partial charge >= 0.3 is 11.9 Å². The van der Waals surface area contributed by atoms with E-state index >= 15 is 0 Å². The average Bonchev–Trinajstić information content (AvgIpc) is 2.27. The Morgan fingerprint density at radius 1 is 0.944 bits per heavy atom. The lowest BCUT2D eigenvalue weighted by Crippen LogP contribution is -2.39. The highest BCUT2D eigenvalue weighted by Crippen LogP contribution is 2.11. The molecule has 0 fully saturated rings. The number of carboxylic acids is 2. The highest BCUT2D eigenvalue weighted by molar-refractivity contribution is 5.97. The molecule has 0 aliphatic carbocycles. The fraction of sp³-hybridized carbons (Fsp3) is 0.182. The van der Waals surface area contributed by atoms with E-state index in [1.807, 2.05) is 0 Å². The van der Waals surface area contributed by atoms with Crippen LogP contribution < -0.4 is 0 Å². The number of carbonyl (C=O) groups excluding carboxylic acids is 1. The monoisotopic (exact) mass is 253 g/mol. The van der Waals surface area contributed by atoms with Crippen LogP contribution in [0.15, 0.2) is 24.3 Å². The zero-order chi connectivity index (χ0) is 13.7. The molecule has 0 heterocycles. The molecule has 0 aliphatic rings. The van der Waals surface area contributed by atoms with E-state index in [0.717, 1.165) is 0 Å². The quantitative estimate of drug-likeness (QED) is 0.680. The zero-order valence-electron chi connectivity index (χ0n) is 9.24. The summed E-state index contributed by atoms with van der Waals surface area (Å²) in [7, 11) is 0. The number of rotatable bonds is 5. The van der Waals surface area contributed by atoms with Crippen LogP contribution in [0.3, 0.4) is 0 Å². The zero-order valence-corrected chi connectivity index (χ0v) is 9.24. The molecule has 0 atom stereocenters. The van der Waals surface area contributed by atoms with Gasteiger partial charge in [-0.05, 0) is 24.3 Å². The summed E-state index contributed by atoms with van der Waals surface area (Å²) in [6, 6.07) is 5.09. The molecule has 18 heavy (non-hydrogen) atoms. The molecule has 0 saturated heterocycles.